The number of sulfonamides is 1. The molecule has 7 nitrogen and oxygen atoms in total. The van der Waals surface area contributed by atoms with Gasteiger partial charge in [0.2, 0.25) is 10.0 Å². The van der Waals surface area contributed by atoms with Gasteiger partial charge in [0.25, 0.3) is 0 Å². The second kappa shape index (κ2) is 10.4. The summed E-state index contributed by atoms with van der Waals surface area (Å²) in [7, 11) is -3.54. The van der Waals surface area contributed by atoms with Gasteiger partial charge in [-0.1, -0.05) is 63.2 Å². The zero-order valence-electron chi connectivity index (χ0n) is 22.4. The molecule has 8 heteroatoms. The molecule has 1 aliphatic rings. The van der Waals surface area contributed by atoms with Crippen LogP contribution in [0.4, 0.5) is 11.5 Å². The molecule has 38 heavy (non-hydrogen) atoms. The van der Waals surface area contributed by atoms with Gasteiger partial charge in [0.05, 0.1) is 16.5 Å². The number of rotatable bonds is 6. The lowest BCUT2D eigenvalue weighted by molar-refractivity contribution is 0.141. The number of aromatic nitrogens is 2. The van der Waals surface area contributed by atoms with Crippen molar-refractivity contribution in [2.75, 3.05) is 31.5 Å². The minimum absolute atomic E-state index is 0.0224. The second-order valence-electron chi connectivity index (χ2n) is 10.8. The first-order valence-electron chi connectivity index (χ1n) is 13.1. The van der Waals surface area contributed by atoms with Crippen molar-refractivity contribution in [3.05, 3.63) is 90.3 Å². The summed E-state index contributed by atoms with van der Waals surface area (Å²) in [5, 5.41) is 4.41. The molecule has 2 heterocycles. The molecule has 0 radical (unpaired) electrons. The van der Waals surface area contributed by atoms with Gasteiger partial charge in [-0.3, -0.25) is 4.90 Å². The Morgan fingerprint density at radius 3 is 2.11 bits per heavy atom. The lowest BCUT2D eigenvalue weighted by Crippen LogP contribution is -2.49. The van der Waals surface area contributed by atoms with Crippen molar-refractivity contribution in [3.63, 3.8) is 0 Å². The van der Waals surface area contributed by atoms with E-state index in [1.165, 1.54) is 0 Å². The van der Waals surface area contributed by atoms with E-state index in [0.717, 1.165) is 33.8 Å². The summed E-state index contributed by atoms with van der Waals surface area (Å²) in [6, 6.07) is 25.2. The number of nitrogens with zero attached hydrogens (tertiary/aromatic N) is 4. The molecule has 1 saturated heterocycles. The average Bonchev–Trinajstić information content (AvgIpc) is 2.93. The van der Waals surface area contributed by atoms with Crippen LogP contribution in [0.15, 0.2) is 83.8 Å². The quantitative estimate of drug-likeness (QED) is 0.343. The molecule has 0 bridgehead atoms. The van der Waals surface area contributed by atoms with Gasteiger partial charge in [0.15, 0.2) is 0 Å². The van der Waals surface area contributed by atoms with Crippen LogP contribution in [0.2, 0.25) is 0 Å². The first-order valence-corrected chi connectivity index (χ1v) is 14.5. The van der Waals surface area contributed by atoms with Gasteiger partial charge in [0, 0.05) is 37.3 Å². The first kappa shape index (κ1) is 26.3. The smallest absolute Gasteiger partial charge is 0.243 e. The third-order valence-corrected chi connectivity index (χ3v) is 9.12. The molecule has 1 N–H and O–H groups in total. The minimum atomic E-state index is -3.54. The summed E-state index contributed by atoms with van der Waals surface area (Å²) in [6.07, 6.45) is 0. The standard InChI is InChI=1S/C30H35N5O2S/c1-22(28-32-27-13-9-8-12-26(27)29(33-28)31-24-10-6-5-7-11-24)34-18-20-35(21-19-34)38(36,37)25-16-14-23(15-17-25)30(2,3)4/h5-17,22H,18-21H2,1-4H3,(H,31,32,33)/t22-/m0/s1. The molecule has 4 aromatic rings. The average molecular weight is 530 g/mol. The SMILES string of the molecule is C[C@@H](c1nc(Nc2ccccc2)c2ccccc2n1)N1CCN(S(=O)(=O)c2ccc(C(C)(C)C)cc2)CC1. The molecule has 0 saturated carbocycles. The van der Waals surface area contributed by atoms with E-state index in [4.69, 9.17) is 9.97 Å². The summed E-state index contributed by atoms with van der Waals surface area (Å²) in [5.41, 5.74) is 2.93. The maximum absolute atomic E-state index is 13.3. The zero-order valence-corrected chi connectivity index (χ0v) is 23.2. The highest BCUT2D eigenvalue weighted by molar-refractivity contribution is 7.89. The van der Waals surface area contributed by atoms with Crippen molar-refractivity contribution in [1.82, 2.24) is 19.2 Å². The molecule has 5 rings (SSSR count). The van der Waals surface area contributed by atoms with Gasteiger partial charge in [-0.25, -0.2) is 18.4 Å². The molecule has 3 aromatic carbocycles. The highest BCUT2D eigenvalue weighted by Crippen LogP contribution is 2.29. The van der Waals surface area contributed by atoms with Crippen molar-refractivity contribution in [2.24, 2.45) is 0 Å². The maximum Gasteiger partial charge on any atom is 0.243 e. The lowest BCUT2D eigenvalue weighted by atomic mass is 9.87. The van der Waals surface area contributed by atoms with Crippen molar-refractivity contribution in [3.8, 4) is 0 Å². The van der Waals surface area contributed by atoms with E-state index in [1.54, 1.807) is 16.4 Å². The van der Waals surface area contributed by atoms with Crippen molar-refractivity contribution < 1.29 is 8.42 Å². The van der Waals surface area contributed by atoms with Gasteiger partial charge in [-0.15, -0.1) is 0 Å². The van der Waals surface area contributed by atoms with Gasteiger partial charge >= 0.3 is 0 Å². The molecule has 0 aliphatic carbocycles. The van der Waals surface area contributed by atoms with E-state index >= 15 is 0 Å². The molecule has 1 fully saturated rings. The summed E-state index contributed by atoms with van der Waals surface area (Å²) < 4.78 is 28.3. The fraction of sp³-hybridized carbons (Fsp3) is 0.333. The minimum Gasteiger partial charge on any atom is -0.340 e. The number of nitrogens with one attached hydrogen (secondary N) is 1. The van der Waals surface area contributed by atoms with E-state index in [2.05, 4.69) is 37.9 Å². The topological polar surface area (TPSA) is 78.4 Å². The summed E-state index contributed by atoms with van der Waals surface area (Å²) in [5.74, 6) is 1.49. The van der Waals surface area contributed by atoms with Crippen molar-refractivity contribution in [2.45, 2.75) is 44.0 Å². The monoisotopic (exact) mass is 529 g/mol. The number of fused-ring (bicyclic) bond motifs is 1. The third-order valence-electron chi connectivity index (χ3n) is 7.21. The van der Waals surface area contributed by atoms with Gasteiger partial charge < -0.3 is 5.32 Å². The highest BCUT2D eigenvalue weighted by atomic mass is 32.2. The largest absolute Gasteiger partial charge is 0.340 e. The van der Waals surface area contributed by atoms with Crippen LogP contribution in [0.25, 0.3) is 10.9 Å². The van der Waals surface area contributed by atoms with Gasteiger partial charge in [0.1, 0.15) is 11.6 Å². The van der Waals surface area contributed by atoms with Crippen molar-refractivity contribution in [1.29, 1.82) is 0 Å². The number of benzene rings is 3. The second-order valence-corrected chi connectivity index (χ2v) is 12.8. The Hall–Kier alpha value is -3.33. The molecule has 1 atom stereocenters. The number of piperazine rings is 1. The number of para-hydroxylation sites is 2. The van der Waals surface area contributed by atoms with E-state index in [-0.39, 0.29) is 11.5 Å². The molecule has 1 aliphatic heterocycles. The van der Waals surface area contributed by atoms with Crippen LogP contribution >= 0.6 is 0 Å². The predicted molar refractivity (Wildman–Crippen MR) is 153 cm³/mol. The Morgan fingerprint density at radius 1 is 0.816 bits per heavy atom. The lowest BCUT2D eigenvalue weighted by Gasteiger charge is -2.37. The Kier molecular flexibility index (Phi) is 7.22. The molecular formula is C30H35N5O2S. The number of anilines is 2. The Labute approximate surface area is 225 Å². The number of hydrogen-bond acceptors (Lipinski definition) is 6. The molecule has 0 spiro atoms. The fourth-order valence-corrected chi connectivity index (χ4v) is 6.23. The van der Waals surface area contributed by atoms with Gasteiger partial charge in [-0.05, 0) is 54.3 Å². The number of hydrogen-bond donors (Lipinski definition) is 1. The molecular weight excluding hydrogens is 494 g/mol. The molecule has 198 valence electrons. The van der Waals surface area contributed by atoms with Gasteiger partial charge in [-0.2, -0.15) is 4.31 Å². The summed E-state index contributed by atoms with van der Waals surface area (Å²) >= 11 is 0. The van der Waals surface area contributed by atoms with E-state index < -0.39 is 10.0 Å². The molecule has 1 aromatic heterocycles. The predicted octanol–water partition coefficient (Wildman–Crippen LogP) is 5.74. The molecule has 0 unspecified atom stereocenters. The van der Waals surface area contributed by atoms with Crippen LogP contribution in [0.5, 0.6) is 0 Å². The first-order chi connectivity index (χ1) is 18.1. The Balaban J connectivity index is 1.32. The molecule has 0 amide bonds. The van der Waals surface area contributed by atoms with Crippen LogP contribution in [0.1, 0.15) is 45.1 Å². The van der Waals surface area contributed by atoms with Crippen molar-refractivity contribution >= 4 is 32.4 Å². The Bertz CT molecular complexity index is 1510. The van der Waals surface area contributed by atoms with Crippen LogP contribution in [-0.4, -0.2) is 53.8 Å². The normalized spacial score (nSPS) is 16.4. The highest BCUT2D eigenvalue weighted by Gasteiger charge is 2.31. The van der Waals surface area contributed by atoms with Crippen LogP contribution < -0.4 is 5.32 Å². The van der Waals surface area contributed by atoms with E-state index in [1.807, 2.05) is 66.7 Å². The zero-order chi connectivity index (χ0) is 26.9. The summed E-state index contributed by atoms with van der Waals surface area (Å²) in [6.45, 7) is 10.5. The third kappa shape index (κ3) is 5.43. The maximum atomic E-state index is 13.3. The Morgan fingerprint density at radius 2 is 1.45 bits per heavy atom. The summed E-state index contributed by atoms with van der Waals surface area (Å²) in [4.78, 5) is 12.4. The van der Waals surface area contributed by atoms with Crippen LogP contribution in [0, 0.1) is 0 Å². The van der Waals surface area contributed by atoms with E-state index in [9.17, 15) is 8.42 Å². The van der Waals surface area contributed by atoms with E-state index in [0.29, 0.717) is 31.1 Å². The van der Waals surface area contributed by atoms with Crippen LogP contribution in [-0.2, 0) is 15.4 Å². The fourth-order valence-electron chi connectivity index (χ4n) is 4.81. The van der Waals surface area contributed by atoms with Crippen LogP contribution in [0.3, 0.4) is 0 Å².